The van der Waals surface area contributed by atoms with Crippen LogP contribution >= 0.6 is 11.6 Å². The fraction of sp³-hybridized carbons (Fsp3) is 0.143. The summed E-state index contributed by atoms with van der Waals surface area (Å²) in [6, 6.07) is 7.04. The largest absolute Gasteiger partial charge is 0.481 e. The van der Waals surface area contributed by atoms with Gasteiger partial charge in [-0.1, -0.05) is 17.7 Å². The summed E-state index contributed by atoms with van der Waals surface area (Å²) in [5, 5.41) is 5.15. The molecule has 0 unspecified atom stereocenters. The number of rotatable bonds is 4. The summed E-state index contributed by atoms with van der Waals surface area (Å²) in [6.07, 6.45) is 1.60. The van der Waals surface area contributed by atoms with Crippen molar-refractivity contribution in [1.82, 2.24) is 10.3 Å². The number of nitrogens with one attached hydrogen (secondary N) is 2. The molecule has 0 radical (unpaired) electrons. The number of hydrogen-bond acceptors (Lipinski definition) is 3. The number of halogens is 2. The topological polar surface area (TPSA) is 63.2 Å². The lowest BCUT2D eigenvalue weighted by molar-refractivity contribution is 0.251. The van der Waals surface area contributed by atoms with Crippen molar-refractivity contribution in [2.24, 2.45) is 0 Å². The second-order valence-corrected chi connectivity index (χ2v) is 4.52. The second-order valence-electron chi connectivity index (χ2n) is 4.11. The van der Waals surface area contributed by atoms with Gasteiger partial charge in [-0.25, -0.2) is 14.2 Å². The predicted octanol–water partition coefficient (Wildman–Crippen LogP) is 3.20. The van der Waals surface area contributed by atoms with E-state index in [1.165, 1.54) is 25.3 Å². The van der Waals surface area contributed by atoms with Crippen LogP contribution in [0.15, 0.2) is 36.5 Å². The van der Waals surface area contributed by atoms with Crippen molar-refractivity contribution >= 4 is 23.3 Å². The van der Waals surface area contributed by atoms with E-state index in [0.717, 1.165) is 5.56 Å². The van der Waals surface area contributed by atoms with E-state index in [9.17, 15) is 9.18 Å². The van der Waals surface area contributed by atoms with Gasteiger partial charge in [0.2, 0.25) is 5.88 Å². The van der Waals surface area contributed by atoms with Crippen molar-refractivity contribution in [3.8, 4) is 5.88 Å². The van der Waals surface area contributed by atoms with Crippen LogP contribution in [0, 0.1) is 5.82 Å². The quantitative estimate of drug-likeness (QED) is 0.911. The van der Waals surface area contributed by atoms with Gasteiger partial charge < -0.3 is 15.4 Å². The zero-order valence-corrected chi connectivity index (χ0v) is 11.9. The van der Waals surface area contributed by atoms with Gasteiger partial charge >= 0.3 is 6.03 Å². The lowest BCUT2D eigenvalue weighted by Gasteiger charge is -2.10. The Hall–Kier alpha value is -2.34. The van der Waals surface area contributed by atoms with Gasteiger partial charge in [0.05, 0.1) is 12.1 Å². The third kappa shape index (κ3) is 4.06. The molecular weight excluding hydrogens is 297 g/mol. The minimum absolute atomic E-state index is 0.0540. The molecule has 1 heterocycles. The van der Waals surface area contributed by atoms with Crippen molar-refractivity contribution in [3.63, 3.8) is 0 Å². The van der Waals surface area contributed by atoms with Crippen LogP contribution in [0.4, 0.5) is 14.9 Å². The highest BCUT2D eigenvalue weighted by molar-refractivity contribution is 6.31. The fourth-order valence-corrected chi connectivity index (χ4v) is 1.85. The highest BCUT2D eigenvalue weighted by atomic mass is 35.5. The van der Waals surface area contributed by atoms with E-state index in [1.54, 1.807) is 18.3 Å². The maximum Gasteiger partial charge on any atom is 0.319 e. The van der Waals surface area contributed by atoms with Gasteiger partial charge in [-0.3, -0.25) is 0 Å². The van der Waals surface area contributed by atoms with Crippen LogP contribution in [0.3, 0.4) is 0 Å². The summed E-state index contributed by atoms with van der Waals surface area (Å²) in [5.74, 6) is -0.0923. The van der Waals surface area contributed by atoms with Crippen molar-refractivity contribution in [2.75, 3.05) is 12.4 Å². The second kappa shape index (κ2) is 6.90. The summed E-state index contributed by atoms with van der Waals surface area (Å²) < 4.78 is 18.1. The van der Waals surface area contributed by atoms with Crippen LogP contribution in [0.25, 0.3) is 0 Å². The molecule has 1 aromatic heterocycles. The maximum absolute atomic E-state index is 13.0. The smallest absolute Gasteiger partial charge is 0.319 e. The monoisotopic (exact) mass is 309 g/mol. The number of carbonyl (C=O) groups excluding carboxylic acids is 1. The first-order chi connectivity index (χ1) is 10.1. The van der Waals surface area contributed by atoms with Crippen molar-refractivity contribution in [1.29, 1.82) is 0 Å². The van der Waals surface area contributed by atoms with E-state index in [1.807, 2.05) is 0 Å². The summed E-state index contributed by atoms with van der Waals surface area (Å²) in [7, 11) is 1.51. The Kier molecular flexibility index (Phi) is 4.94. The van der Waals surface area contributed by atoms with Gasteiger partial charge in [-0.2, -0.15) is 0 Å². The number of hydrogen-bond donors (Lipinski definition) is 2. The molecule has 0 bridgehead atoms. The van der Waals surface area contributed by atoms with Crippen LogP contribution < -0.4 is 15.4 Å². The zero-order chi connectivity index (χ0) is 15.2. The fourth-order valence-electron chi connectivity index (χ4n) is 1.67. The molecule has 5 nitrogen and oxygen atoms in total. The molecule has 2 rings (SSSR count). The van der Waals surface area contributed by atoms with Gasteiger partial charge in [0.1, 0.15) is 5.82 Å². The summed E-state index contributed by atoms with van der Waals surface area (Å²) in [4.78, 5) is 15.8. The average molecular weight is 310 g/mol. The molecular formula is C14H13ClFN3O2. The Labute approximate surface area is 126 Å². The molecule has 2 aromatic rings. The Morgan fingerprint density at radius 2 is 2.24 bits per heavy atom. The number of aromatic nitrogens is 1. The number of carbonyl (C=O) groups is 1. The molecule has 0 spiro atoms. The number of amides is 2. The van der Waals surface area contributed by atoms with E-state index in [-0.39, 0.29) is 11.6 Å². The lowest BCUT2D eigenvalue weighted by atomic mass is 10.2. The number of ether oxygens (including phenoxy) is 1. The Morgan fingerprint density at radius 1 is 1.43 bits per heavy atom. The van der Waals surface area contributed by atoms with Crippen molar-refractivity contribution in [2.45, 2.75) is 6.54 Å². The molecule has 0 aliphatic rings. The molecule has 0 saturated carbocycles. The van der Waals surface area contributed by atoms with Gasteiger partial charge in [0.25, 0.3) is 0 Å². The third-order valence-corrected chi connectivity index (χ3v) is 2.95. The number of pyridine rings is 1. The third-order valence-electron chi connectivity index (χ3n) is 2.66. The molecule has 2 N–H and O–H groups in total. The SMILES string of the molecule is COc1ncccc1CNC(=O)Nc1ccc(F)c(Cl)c1. The van der Waals surface area contributed by atoms with Crippen LogP contribution in [-0.2, 0) is 6.54 Å². The molecule has 7 heteroatoms. The van der Waals surface area contributed by atoms with Crippen LogP contribution in [0.2, 0.25) is 5.02 Å². The number of anilines is 1. The van der Waals surface area contributed by atoms with Gasteiger partial charge in [-0.15, -0.1) is 0 Å². The highest BCUT2D eigenvalue weighted by Crippen LogP contribution is 2.19. The predicted molar refractivity (Wildman–Crippen MR) is 78.1 cm³/mol. The first kappa shape index (κ1) is 15.1. The van der Waals surface area contributed by atoms with Crippen molar-refractivity contribution in [3.05, 3.63) is 52.9 Å². The molecule has 110 valence electrons. The first-order valence-corrected chi connectivity index (χ1v) is 6.45. The van der Waals surface area contributed by atoms with Crippen LogP contribution in [0.1, 0.15) is 5.56 Å². The summed E-state index contributed by atoms with van der Waals surface area (Å²) >= 11 is 5.64. The Morgan fingerprint density at radius 3 is 2.95 bits per heavy atom. The Bertz CT molecular complexity index is 652. The van der Waals surface area contributed by atoms with Crippen LogP contribution in [-0.4, -0.2) is 18.1 Å². The number of nitrogens with zero attached hydrogens (tertiary/aromatic N) is 1. The molecule has 0 fully saturated rings. The summed E-state index contributed by atoms with van der Waals surface area (Å²) in [6.45, 7) is 0.248. The lowest BCUT2D eigenvalue weighted by Crippen LogP contribution is -2.28. The van der Waals surface area contributed by atoms with E-state index < -0.39 is 11.8 Å². The van der Waals surface area contributed by atoms with E-state index >= 15 is 0 Å². The van der Waals surface area contributed by atoms with Crippen LogP contribution in [0.5, 0.6) is 5.88 Å². The summed E-state index contributed by atoms with van der Waals surface area (Å²) in [5.41, 5.74) is 1.14. The molecule has 1 aromatic carbocycles. The maximum atomic E-state index is 13.0. The first-order valence-electron chi connectivity index (χ1n) is 6.08. The van der Waals surface area contributed by atoms with E-state index in [0.29, 0.717) is 11.6 Å². The number of urea groups is 1. The minimum atomic E-state index is -0.539. The normalized spacial score (nSPS) is 10.0. The number of benzene rings is 1. The van der Waals surface area contributed by atoms with Gasteiger partial charge in [-0.05, 0) is 24.3 Å². The average Bonchev–Trinajstić information content (AvgIpc) is 2.49. The minimum Gasteiger partial charge on any atom is -0.481 e. The zero-order valence-electron chi connectivity index (χ0n) is 11.2. The highest BCUT2D eigenvalue weighted by Gasteiger charge is 2.07. The van der Waals surface area contributed by atoms with E-state index in [2.05, 4.69) is 15.6 Å². The molecule has 0 aliphatic carbocycles. The number of methoxy groups -OCH3 is 1. The molecule has 21 heavy (non-hydrogen) atoms. The van der Waals surface area contributed by atoms with Gasteiger partial charge in [0, 0.05) is 24.0 Å². The molecule has 2 amide bonds. The molecule has 0 atom stereocenters. The Balaban J connectivity index is 1.94. The molecule has 0 aliphatic heterocycles. The van der Waals surface area contributed by atoms with Crippen molar-refractivity contribution < 1.29 is 13.9 Å². The van der Waals surface area contributed by atoms with E-state index in [4.69, 9.17) is 16.3 Å². The van der Waals surface area contributed by atoms with Gasteiger partial charge in [0.15, 0.2) is 0 Å². The standard InChI is InChI=1S/C14H13ClFN3O2/c1-21-13-9(3-2-6-17-13)8-18-14(20)19-10-4-5-12(16)11(15)7-10/h2-7H,8H2,1H3,(H2,18,19,20). The molecule has 0 saturated heterocycles.